The Hall–Kier alpha value is -3.74. The van der Waals surface area contributed by atoms with Gasteiger partial charge in [0.2, 0.25) is 0 Å². The van der Waals surface area contributed by atoms with Crippen LogP contribution in [-0.4, -0.2) is 15.7 Å². The van der Waals surface area contributed by atoms with Crippen LogP contribution in [0.4, 0.5) is 0 Å². The first-order chi connectivity index (χ1) is 13.8. The van der Waals surface area contributed by atoms with Gasteiger partial charge in [-0.2, -0.15) is 5.10 Å². The normalized spacial score (nSPS) is 11.3. The predicted octanol–water partition coefficient (Wildman–Crippen LogP) is 3.38. The lowest BCUT2D eigenvalue weighted by Gasteiger charge is -2.11. The number of hydrogen-bond donors (Lipinski definition) is 0. The van der Waals surface area contributed by atoms with Crippen molar-refractivity contribution in [1.29, 1.82) is 0 Å². The molecule has 7 nitrogen and oxygen atoms in total. The molecule has 2 aromatic heterocycles. The van der Waals surface area contributed by atoms with Crippen LogP contribution in [0.2, 0.25) is 0 Å². The molecular weight excluding hydrogens is 372 g/mol. The van der Waals surface area contributed by atoms with Crippen molar-refractivity contribution in [3.05, 3.63) is 80.6 Å². The molecule has 4 rings (SSSR count). The molecule has 4 aromatic rings. The lowest BCUT2D eigenvalue weighted by molar-refractivity contribution is 0.0728. The van der Waals surface area contributed by atoms with E-state index in [0.29, 0.717) is 16.4 Å². The second-order valence-corrected chi connectivity index (χ2v) is 7.05. The number of fused-ring (bicyclic) bond motifs is 2. The van der Waals surface area contributed by atoms with Crippen LogP contribution in [0, 0.1) is 0 Å². The first-order valence-corrected chi connectivity index (χ1v) is 9.11. The molecule has 29 heavy (non-hydrogen) atoms. The van der Waals surface area contributed by atoms with Crippen LogP contribution in [0.25, 0.3) is 21.7 Å². The van der Waals surface area contributed by atoms with Gasteiger partial charge in [-0.15, -0.1) is 0 Å². The average Bonchev–Trinajstić information content (AvgIpc) is 2.69. The SMILES string of the molecule is CC(C)c1cc(=O)oc2cc(OC(=O)c3nn(C)c(=O)c4ccccc34)ccc12. The Bertz CT molecular complexity index is 1380. The van der Waals surface area contributed by atoms with Crippen molar-refractivity contribution in [2.45, 2.75) is 19.8 Å². The predicted molar refractivity (Wildman–Crippen MR) is 109 cm³/mol. The average molecular weight is 390 g/mol. The summed E-state index contributed by atoms with van der Waals surface area (Å²) in [6.07, 6.45) is 0. The summed E-state index contributed by atoms with van der Waals surface area (Å²) in [5, 5.41) is 5.64. The van der Waals surface area contributed by atoms with Gasteiger partial charge in [-0.1, -0.05) is 32.0 Å². The number of aryl methyl sites for hydroxylation is 1. The number of nitrogens with zero attached hydrogens (tertiary/aromatic N) is 2. The minimum atomic E-state index is -0.710. The van der Waals surface area contributed by atoms with Crippen molar-refractivity contribution in [2.75, 3.05) is 0 Å². The summed E-state index contributed by atoms with van der Waals surface area (Å²) >= 11 is 0. The molecular formula is C22H18N2O5. The highest BCUT2D eigenvalue weighted by molar-refractivity contribution is 6.03. The fourth-order valence-corrected chi connectivity index (χ4v) is 3.32. The van der Waals surface area contributed by atoms with E-state index in [-0.39, 0.29) is 22.9 Å². The molecule has 0 saturated heterocycles. The zero-order chi connectivity index (χ0) is 20.7. The summed E-state index contributed by atoms with van der Waals surface area (Å²) in [5.41, 5.74) is 0.464. The van der Waals surface area contributed by atoms with E-state index in [4.69, 9.17) is 9.15 Å². The maximum absolute atomic E-state index is 12.8. The topological polar surface area (TPSA) is 91.4 Å². The Morgan fingerprint density at radius 3 is 2.48 bits per heavy atom. The molecule has 146 valence electrons. The summed E-state index contributed by atoms with van der Waals surface area (Å²) in [6, 6.07) is 13.1. The lowest BCUT2D eigenvalue weighted by Crippen LogP contribution is -2.24. The molecule has 0 aliphatic carbocycles. The molecule has 7 heteroatoms. The number of ether oxygens (including phenoxy) is 1. The van der Waals surface area contributed by atoms with Crippen LogP contribution in [0.5, 0.6) is 5.75 Å². The molecule has 2 aromatic carbocycles. The summed E-state index contributed by atoms with van der Waals surface area (Å²) in [5.74, 6) is -0.360. The van der Waals surface area contributed by atoms with Gasteiger partial charge in [0.25, 0.3) is 5.56 Å². The highest BCUT2D eigenvalue weighted by atomic mass is 16.5. The van der Waals surface area contributed by atoms with Crippen LogP contribution in [0.3, 0.4) is 0 Å². The largest absolute Gasteiger partial charge is 0.423 e. The third-order valence-corrected chi connectivity index (χ3v) is 4.73. The number of hydrogen-bond acceptors (Lipinski definition) is 6. The van der Waals surface area contributed by atoms with Gasteiger partial charge < -0.3 is 9.15 Å². The number of aromatic nitrogens is 2. The van der Waals surface area contributed by atoms with Crippen molar-refractivity contribution < 1.29 is 13.9 Å². The van der Waals surface area contributed by atoms with Crippen LogP contribution < -0.4 is 15.9 Å². The molecule has 0 amide bonds. The summed E-state index contributed by atoms with van der Waals surface area (Å²) in [6.45, 7) is 3.97. The van der Waals surface area contributed by atoms with Gasteiger partial charge in [-0.3, -0.25) is 4.79 Å². The number of carbonyl (C=O) groups is 1. The fourth-order valence-electron chi connectivity index (χ4n) is 3.32. The Morgan fingerprint density at radius 1 is 1.03 bits per heavy atom. The standard InChI is InChI=1S/C22H18N2O5/c1-12(2)17-11-19(25)29-18-10-13(8-9-14(17)18)28-22(27)20-15-6-4-5-7-16(15)21(26)24(3)23-20/h4-12H,1-3H3. The third kappa shape index (κ3) is 3.31. The first kappa shape index (κ1) is 18.6. The van der Waals surface area contributed by atoms with Crippen LogP contribution in [0.15, 0.2) is 62.5 Å². The van der Waals surface area contributed by atoms with Crippen molar-refractivity contribution in [1.82, 2.24) is 9.78 Å². The molecule has 0 fully saturated rings. The van der Waals surface area contributed by atoms with Crippen molar-refractivity contribution in [3.63, 3.8) is 0 Å². The van der Waals surface area contributed by atoms with Gasteiger partial charge in [0.05, 0.1) is 5.39 Å². The van der Waals surface area contributed by atoms with Crippen LogP contribution in [0.1, 0.15) is 35.8 Å². The number of esters is 1. The van der Waals surface area contributed by atoms with Gasteiger partial charge in [-0.25, -0.2) is 14.3 Å². The zero-order valence-electron chi connectivity index (χ0n) is 16.1. The fraction of sp³-hybridized carbons (Fsp3) is 0.182. The third-order valence-electron chi connectivity index (χ3n) is 4.73. The zero-order valence-corrected chi connectivity index (χ0v) is 16.1. The van der Waals surface area contributed by atoms with E-state index in [1.165, 1.54) is 19.2 Å². The maximum Gasteiger partial charge on any atom is 0.364 e. The monoisotopic (exact) mass is 390 g/mol. The Kier molecular flexibility index (Phi) is 4.50. The summed E-state index contributed by atoms with van der Waals surface area (Å²) in [4.78, 5) is 36.9. The Morgan fingerprint density at radius 2 is 1.76 bits per heavy atom. The van der Waals surface area contributed by atoms with Crippen molar-refractivity contribution >= 4 is 27.7 Å². The Labute approximate surface area is 165 Å². The summed E-state index contributed by atoms with van der Waals surface area (Å²) in [7, 11) is 1.48. The molecule has 0 spiro atoms. The second kappa shape index (κ2) is 7.01. The quantitative estimate of drug-likeness (QED) is 0.303. The minimum Gasteiger partial charge on any atom is -0.423 e. The Balaban J connectivity index is 1.77. The van der Waals surface area contributed by atoms with E-state index in [2.05, 4.69) is 5.10 Å². The van der Waals surface area contributed by atoms with Gasteiger partial charge >= 0.3 is 11.6 Å². The van der Waals surface area contributed by atoms with Crippen molar-refractivity contribution in [2.24, 2.45) is 7.05 Å². The number of benzene rings is 2. The van der Waals surface area contributed by atoms with E-state index in [9.17, 15) is 14.4 Å². The van der Waals surface area contributed by atoms with Crippen LogP contribution in [-0.2, 0) is 7.05 Å². The van der Waals surface area contributed by atoms with Gasteiger partial charge in [0.1, 0.15) is 11.3 Å². The molecule has 0 aliphatic rings. The van der Waals surface area contributed by atoms with E-state index in [1.54, 1.807) is 36.4 Å². The van der Waals surface area contributed by atoms with Gasteiger partial charge in [-0.05, 0) is 29.7 Å². The summed E-state index contributed by atoms with van der Waals surface area (Å²) < 4.78 is 11.9. The molecule has 0 atom stereocenters. The van der Waals surface area contributed by atoms with Crippen molar-refractivity contribution in [3.8, 4) is 5.75 Å². The molecule has 2 heterocycles. The molecule has 0 saturated carbocycles. The lowest BCUT2D eigenvalue weighted by atomic mass is 10.00. The second-order valence-electron chi connectivity index (χ2n) is 7.05. The smallest absolute Gasteiger partial charge is 0.364 e. The van der Waals surface area contributed by atoms with E-state index in [0.717, 1.165) is 15.6 Å². The number of carbonyl (C=O) groups excluding carboxylic acids is 1. The molecule has 0 radical (unpaired) electrons. The molecule has 0 bridgehead atoms. The van der Waals surface area contributed by atoms with Gasteiger partial charge in [0.15, 0.2) is 5.69 Å². The van der Waals surface area contributed by atoms with E-state index >= 15 is 0 Å². The van der Waals surface area contributed by atoms with E-state index in [1.807, 2.05) is 13.8 Å². The first-order valence-electron chi connectivity index (χ1n) is 9.11. The van der Waals surface area contributed by atoms with E-state index < -0.39 is 11.6 Å². The molecule has 0 N–H and O–H groups in total. The molecule has 0 unspecified atom stereocenters. The molecule has 0 aliphatic heterocycles. The van der Waals surface area contributed by atoms with Crippen LogP contribution >= 0.6 is 0 Å². The van der Waals surface area contributed by atoms with Gasteiger partial charge in [0, 0.05) is 30.0 Å². The minimum absolute atomic E-state index is 0.0279. The highest BCUT2D eigenvalue weighted by Crippen LogP contribution is 2.27. The number of rotatable bonds is 3. The highest BCUT2D eigenvalue weighted by Gasteiger charge is 2.18. The maximum atomic E-state index is 12.8.